The lowest BCUT2D eigenvalue weighted by Crippen LogP contribution is -2.48. The highest BCUT2D eigenvalue weighted by atomic mass is 19.1. The number of hydrogen-bond acceptors (Lipinski definition) is 6. The van der Waals surface area contributed by atoms with Crippen LogP contribution in [-0.4, -0.2) is 18.5 Å². The van der Waals surface area contributed by atoms with Crippen molar-refractivity contribution in [2.75, 3.05) is 11.5 Å². The number of anilines is 1. The van der Waals surface area contributed by atoms with Crippen molar-refractivity contribution in [1.82, 2.24) is 0 Å². The molecule has 2 aromatic carbocycles. The van der Waals surface area contributed by atoms with Crippen LogP contribution in [0.15, 0.2) is 71.3 Å². The molecule has 2 aliphatic rings. The summed E-state index contributed by atoms with van der Waals surface area (Å²) in [5, 5.41) is 9.99. The van der Waals surface area contributed by atoms with Crippen molar-refractivity contribution in [3.63, 3.8) is 0 Å². The molecule has 8 heteroatoms. The van der Waals surface area contributed by atoms with E-state index in [4.69, 9.17) is 15.2 Å². The smallest absolute Gasteiger partial charge is 0.339 e. The van der Waals surface area contributed by atoms with E-state index in [-0.39, 0.29) is 41.5 Å². The summed E-state index contributed by atoms with van der Waals surface area (Å²) in [6.07, 6.45) is 0. The van der Waals surface area contributed by atoms with Gasteiger partial charge in [0.1, 0.15) is 28.8 Å². The van der Waals surface area contributed by atoms with Crippen LogP contribution in [-0.2, 0) is 31.0 Å². The predicted molar refractivity (Wildman–Crippen MR) is 113 cm³/mol. The summed E-state index contributed by atoms with van der Waals surface area (Å²) in [5.41, 5.74) is 4.97. The number of carbonyl (C=O) groups excluding carboxylic acids is 2. The van der Waals surface area contributed by atoms with Crippen molar-refractivity contribution in [2.24, 2.45) is 5.73 Å². The molecule has 4 rings (SSSR count). The van der Waals surface area contributed by atoms with Crippen LogP contribution in [0.1, 0.15) is 25.0 Å². The molecule has 2 aromatic rings. The van der Waals surface area contributed by atoms with E-state index in [0.717, 1.165) is 0 Å². The van der Waals surface area contributed by atoms with E-state index < -0.39 is 23.1 Å². The molecule has 1 spiro atoms. The number of nitrogens with two attached hydrogens (primary N) is 1. The minimum absolute atomic E-state index is 0.0571. The lowest BCUT2D eigenvalue weighted by atomic mass is 9.68. The van der Waals surface area contributed by atoms with E-state index in [1.165, 1.54) is 17.9 Å². The molecule has 2 N–H and O–H groups in total. The number of nitrogens with zero attached hydrogens (tertiary/aromatic N) is 2. The van der Waals surface area contributed by atoms with Crippen molar-refractivity contribution in [3.8, 4) is 6.07 Å². The van der Waals surface area contributed by atoms with E-state index >= 15 is 0 Å². The molecule has 0 saturated carbocycles. The minimum atomic E-state index is -1.85. The van der Waals surface area contributed by atoms with Gasteiger partial charge in [-0.05, 0) is 26.0 Å². The van der Waals surface area contributed by atoms with Crippen LogP contribution in [0.3, 0.4) is 0 Å². The summed E-state index contributed by atoms with van der Waals surface area (Å²) in [7, 11) is 0. The van der Waals surface area contributed by atoms with E-state index in [2.05, 4.69) is 0 Å². The average Bonchev–Trinajstić information content (AvgIpc) is 2.99. The third-order valence-corrected chi connectivity index (χ3v) is 5.65. The number of amides is 1. The Kier molecular flexibility index (Phi) is 5.18. The number of hydrogen-bond donors (Lipinski definition) is 1. The van der Waals surface area contributed by atoms with Crippen LogP contribution in [0.2, 0.25) is 0 Å². The summed E-state index contributed by atoms with van der Waals surface area (Å²) in [5.74, 6) is -2.07. The second-order valence-electron chi connectivity index (χ2n) is 7.35. The van der Waals surface area contributed by atoms with Crippen molar-refractivity contribution >= 4 is 17.6 Å². The number of halogens is 1. The lowest BCUT2D eigenvalue weighted by Gasteiger charge is -2.34. The van der Waals surface area contributed by atoms with Gasteiger partial charge in [0.15, 0.2) is 5.41 Å². The van der Waals surface area contributed by atoms with E-state index in [9.17, 15) is 19.2 Å². The molecule has 0 unspecified atom stereocenters. The van der Waals surface area contributed by atoms with Gasteiger partial charge >= 0.3 is 5.97 Å². The van der Waals surface area contributed by atoms with Gasteiger partial charge in [-0.3, -0.25) is 4.79 Å². The quantitative estimate of drug-likeness (QED) is 0.743. The molecular formula is C24H20FN3O4. The molecule has 1 amide bonds. The number of para-hydroxylation sites is 1. The zero-order chi connectivity index (χ0) is 23.0. The minimum Gasteiger partial charge on any atom is -0.462 e. The van der Waals surface area contributed by atoms with Gasteiger partial charge < -0.3 is 20.1 Å². The number of rotatable bonds is 4. The molecule has 0 radical (unpaired) electrons. The summed E-state index contributed by atoms with van der Waals surface area (Å²) in [6, 6.07) is 14.8. The van der Waals surface area contributed by atoms with Crippen molar-refractivity contribution in [2.45, 2.75) is 25.8 Å². The van der Waals surface area contributed by atoms with Gasteiger partial charge in [-0.25, -0.2) is 9.18 Å². The maximum Gasteiger partial charge on any atom is 0.339 e. The number of benzene rings is 2. The molecule has 2 aliphatic heterocycles. The predicted octanol–water partition coefficient (Wildman–Crippen LogP) is 3.17. The van der Waals surface area contributed by atoms with E-state index in [0.29, 0.717) is 11.3 Å². The number of carbonyl (C=O) groups is 2. The zero-order valence-electron chi connectivity index (χ0n) is 17.5. The molecule has 2 heterocycles. The molecule has 1 atom stereocenters. The summed E-state index contributed by atoms with van der Waals surface area (Å²) in [4.78, 5) is 28.5. The SMILES string of the molecule is CCOC(=O)C1=C(C)OC(N)=C(C#N)[C@]12C(=O)N(Cc1ccccc1F)c1ccccc12. The molecule has 0 aromatic heterocycles. The molecule has 0 saturated heterocycles. The largest absolute Gasteiger partial charge is 0.462 e. The number of esters is 1. The van der Waals surface area contributed by atoms with Gasteiger partial charge in [-0.15, -0.1) is 0 Å². The fourth-order valence-electron chi connectivity index (χ4n) is 4.37. The first-order valence-corrected chi connectivity index (χ1v) is 9.99. The zero-order valence-corrected chi connectivity index (χ0v) is 17.5. The monoisotopic (exact) mass is 433 g/mol. The average molecular weight is 433 g/mol. The van der Waals surface area contributed by atoms with Gasteiger partial charge in [0, 0.05) is 16.8 Å². The Hall–Kier alpha value is -4.12. The van der Waals surface area contributed by atoms with E-state index in [1.807, 2.05) is 6.07 Å². The highest BCUT2D eigenvalue weighted by Gasteiger charge is 2.62. The van der Waals surface area contributed by atoms with Gasteiger partial charge in [-0.2, -0.15) is 5.26 Å². The van der Waals surface area contributed by atoms with Gasteiger partial charge in [0.25, 0.3) is 0 Å². The Bertz CT molecular complexity index is 1240. The number of nitriles is 1. The third-order valence-electron chi connectivity index (χ3n) is 5.65. The maximum absolute atomic E-state index is 14.4. The number of fused-ring (bicyclic) bond motifs is 2. The normalized spacial score (nSPS) is 19.7. The Morgan fingerprint density at radius 3 is 2.62 bits per heavy atom. The molecule has 0 fully saturated rings. The second-order valence-corrected chi connectivity index (χ2v) is 7.35. The molecular weight excluding hydrogens is 413 g/mol. The molecule has 162 valence electrons. The topological polar surface area (TPSA) is 106 Å². The van der Waals surface area contributed by atoms with Crippen LogP contribution in [0, 0.1) is 17.1 Å². The maximum atomic E-state index is 14.4. The highest BCUT2D eigenvalue weighted by molar-refractivity contribution is 6.18. The van der Waals surface area contributed by atoms with Crippen LogP contribution in [0.5, 0.6) is 0 Å². The Morgan fingerprint density at radius 2 is 1.94 bits per heavy atom. The molecule has 0 aliphatic carbocycles. The fraction of sp³-hybridized carbons (Fsp3) is 0.208. The highest BCUT2D eigenvalue weighted by Crippen LogP contribution is 2.54. The Labute approximate surface area is 184 Å². The number of ether oxygens (including phenoxy) is 2. The lowest BCUT2D eigenvalue weighted by molar-refractivity contribution is -0.141. The van der Waals surface area contributed by atoms with Crippen molar-refractivity contribution in [3.05, 3.63) is 88.3 Å². The van der Waals surface area contributed by atoms with Crippen LogP contribution >= 0.6 is 0 Å². The van der Waals surface area contributed by atoms with Crippen LogP contribution < -0.4 is 10.6 Å². The first-order valence-electron chi connectivity index (χ1n) is 9.99. The molecule has 7 nitrogen and oxygen atoms in total. The van der Waals surface area contributed by atoms with Crippen molar-refractivity contribution < 1.29 is 23.5 Å². The standard InChI is InChI=1S/C24H20FN3O4/c1-3-31-22(29)20-14(2)32-21(27)17(12-26)24(20)16-9-5-7-11-19(16)28(23(24)30)13-15-8-4-6-10-18(15)25/h4-11H,3,13,27H2,1-2H3/t24-/m0/s1. The molecule has 32 heavy (non-hydrogen) atoms. The first-order chi connectivity index (χ1) is 15.4. The summed E-state index contributed by atoms with van der Waals surface area (Å²) >= 11 is 0. The first kappa shape index (κ1) is 21.1. The molecule has 0 bridgehead atoms. The number of allylic oxidation sites excluding steroid dienone is 1. The van der Waals surface area contributed by atoms with Crippen molar-refractivity contribution in [1.29, 1.82) is 5.26 Å². The second kappa shape index (κ2) is 7.85. The van der Waals surface area contributed by atoms with Gasteiger partial charge in [-0.1, -0.05) is 36.4 Å². The summed E-state index contributed by atoms with van der Waals surface area (Å²) in [6.45, 7) is 3.08. The summed E-state index contributed by atoms with van der Waals surface area (Å²) < 4.78 is 25.1. The Morgan fingerprint density at radius 1 is 1.25 bits per heavy atom. The van der Waals surface area contributed by atoms with Crippen LogP contribution in [0.4, 0.5) is 10.1 Å². The third kappa shape index (κ3) is 2.86. The van der Waals surface area contributed by atoms with Crippen LogP contribution in [0.25, 0.3) is 0 Å². The fourth-order valence-corrected chi connectivity index (χ4v) is 4.37. The van der Waals surface area contributed by atoms with Gasteiger partial charge in [0.05, 0.1) is 13.2 Å². The van der Waals surface area contributed by atoms with Gasteiger partial charge in [0.2, 0.25) is 11.8 Å². The van der Waals surface area contributed by atoms with E-state index in [1.54, 1.807) is 49.4 Å². The Balaban J connectivity index is 2.00.